The van der Waals surface area contributed by atoms with Gasteiger partial charge >= 0.3 is 0 Å². The molecule has 0 saturated heterocycles. The zero-order chi connectivity index (χ0) is 24.8. The highest BCUT2D eigenvalue weighted by Crippen LogP contribution is 2.70. The van der Waals surface area contributed by atoms with E-state index < -0.39 is 11.2 Å². The van der Waals surface area contributed by atoms with E-state index in [1.807, 2.05) is 44.4 Å². The number of aromatic nitrogens is 1. The Labute approximate surface area is 204 Å². The van der Waals surface area contributed by atoms with Crippen LogP contribution in [0, 0.1) is 28.6 Å². The minimum absolute atomic E-state index is 0.152. The largest absolute Gasteiger partial charge is 0.481 e. The van der Waals surface area contributed by atoms with E-state index in [0.717, 1.165) is 11.1 Å². The summed E-state index contributed by atoms with van der Waals surface area (Å²) < 4.78 is 12.4. The molecule has 2 aliphatic rings. The Balaban J connectivity index is 1.84. The zero-order valence-electron chi connectivity index (χ0n) is 19.9. The van der Waals surface area contributed by atoms with E-state index in [2.05, 4.69) is 34.2 Å². The van der Waals surface area contributed by atoms with Crippen molar-refractivity contribution in [2.75, 3.05) is 27.7 Å². The number of aliphatic hydroxyl groups is 1. The van der Waals surface area contributed by atoms with E-state index >= 15 is 0 Å². The van der Waals surface area contributed by atoms with Crippen LogP contribution in [0.5, 0.6) is 11.6 Å². The molecule has 7 heteroatoms. The van der Waals surface area contributed by atoms with Crippen molar-refractivity contribution >= 4 is 0 Å². The van der Waals surface area contributed by atoms with Gasteiger partial charge in [-0.2, -0.15) is 10.5 Å². The van der Waals surface area contributed by atoms with Crippen LogP contribution in [0.25, 0.3) is 0 Å². The van der Waals surface area contributed by atoms with Gasteiger partial charge in [0.2, 0.25) is 5.88 Å². The Kier molecular flexibility index (Phi) is 5.48. The first kappa shape index (κ1) is 22.9. The highest BCUT2D eigenvalue weighted by atomic mass is 16.5. The molecule has 176 valence electrons. The van der Waals surface area contributed by atoms with E-state index in [-0.39, 0.29) is 23.4 Å². The summed E-state index contributed by atoms with van der Waals surface area (Å²) in [6.45, 7) is 0.601. The van der Waals surface area contributed by atoms with Gasteiger partial charge in [0.15, 0.2) is 5.60 Å². The molecule has 7 nitrogen and oxygen atoms in total. The highest BCUT2D eigenvalue weighted by Gasteiger charge is 2.73. The number of methoxy groups -OCH3 is 1. The van der Waals surface area contributed by atoms with Crippen molar-refractivity contribution in [1.82, 2.24) is 9.88 Å². The number of hydrogen-bond acceptors (Lipinski definition) is 7. The van der Waals surface area contributed by atoms with Gasteiger partial charge in [-0.15, -0.1) is 0 Å². The quantitative estimate of drug-likeness (QED) is 0.612. The maximum absolute atomic E-state index is 12.9. The molecule has 1 aliphatic carbocycles. The lowest BCUT2D eigenvalue weighted by Gasteiger charge is -2.42. The number of pyridine rings is 1. The van der Waals surface area contributed by atoms with E-state index in [1.54, 1.807) is 18.2 Å². The van der Waals surface area contributed by atoms with E-state index in [4.69, 9.17) is 9.47 Å². The van der Waals surface area contributed by atoms with Gasteiger partial charge in [0, 0.05) is 24.4 Å². The van der Waals surface area contributed by atoms with Crippen LogP contribution in [0.3, 0.4) is 0 Å². The summed E-state index contributed by atoms with van der Waals surface area (Å²) in [7, 11) is 5.45. The second-order valence-electron chi connectivity index (χ2n) is 9.45. The van der Waals surface area contributed by atoms with Crippen LogP contribution in [0.4, 0.5) is 0 Å². The average Bonchev–Trinajstić information content (AvgIpc) is 3.29. The molecule has 0 radical (unpaired) electrons. The first-order valence-electron chi connectivity index (χ1n) is 11.5. The molecule has 1 fully saturated rings. The molecule has 4 unspecified atom stereocenters. The topological polar surface area (TPSA) is 102 Å². The van der Waals surface area contributed by atoms with Crippen LogP contribution in [-0.2, 0) is 11.2 Å². The van der Waals surface area contributed by atoms with E-state index in [0.29, 0.717) is 29.8 Å². The van der Waals surface area contributed by atoms with Crippen molar-refractivity contribution in [3.8, 4) is 23.8 Å². The predicted molar refractivity (Wildman–Crippen MR) is 129 cm³/mol. The molecule has 0 amide bonds. The molecule has 5 rings (SSSR count). The summed E-state index contributed by atoms with van der Waals surface area (Å²) >= 11 is 0. The standard InChI is InChI=1S/C28H26N4O3/c1-32(2)17-21-13-23(19-7-5-4-6-8-19)28(20-11-9-18(15-29)10-12-20)27(21,33)25-24(35-28)14-22(16-30)31-26(25)34-3/h4-12,14,21,23,33H,13,17H2,1-3H3. The molecule has 1 aliphatic heterocycles. The molecule has 1 saturated carbocycles. The first-order valence-corrected chi connectivity index (χ1v) is 11.5. The van der Waals surface area contributed by atoms with Gasteiger partial charge in [0.25, 0.3) is 0 Å². The van der Waals surface area contributed by atoms with E-state index in [1.165, 1.54) is 7.11 Å². The van der Waals surface area contributed by atoms with Crippen molar-refractivity contribution < 1.29 is 14.6 Å². The summed E-state index contributed by atoms with van der Waals surface area (Å²) in [5.74, 6) is 0.136. The summed E-state index contributed by atoms with van der Waals surface area (Å²) in [6, 6.07) is 23.0. The van der Waals surface area contributed by atoms with Crippen LogP contribution in [0.1, 0.15) is 40.3 Å². The fourth-order valence-corrected chi connectivity index (χ4v) is 6.01. The molecule has 4 atom stereocenters. The monoisotopic (exact) mass is 466 g/mol. The Hall–Kier alpha value is -3.91. The number of hydrogen-bond donors (Lipinski definition) is 1. The fraction of sp³-hybridized carbons (Fsp3) is 0.321. The molecule has 3 aromatic rings. The number of benzene rings is 2. The van der Waals surface area contributed by atoms with E-state index in [9.17, 15) is 15.6 Å². The Bertz CT molecular complexity index is 1340. The van der Waals surface area contributed by atoms with Crippen LogP contribution in [-0.4, -0.2) is 42.7 Å². The summed E-state index contributed by atoms with van der Waals surface area (Å²) in [5, 5.41) is 31.9. The third-order valence-electron chi connectivity index (χ3n) is 7.31. The van der Waals surface area contributed by atoms with Crippen LogP contribution < -0.4 is 9.47 Å². The van der Waals surface area contributed by atoms with Crippen LogP contribution in [0.2, 0.25) is 0 Å². The third kappa shape index (κ3) is 3.20. The molecule has 2 aromatic carbocycles. The van der Waals surface area contributed by atoms with Gasteiger partial charge in [0.1, 0.15) is 23.1 Å². The number of nitrogens with zero attached hydrogens (tertiary/aromatic N) is 4. The average molecular weight is 467 g/mol. The summed E-state index contributed by atoms with van der Waals surface area (Å²) in [4.78, 5) is 6.43. The maximum Gasteiger partial charge on any atom is 0.224 e. The Morgan fingerprint density at radius 1 is 1.11 bits per heavy atom. The van der Waals surface area contributed by atoms with Crippen molar-refractivity contribution in [3.05, 3.63) is 88.6 Å². The Morgan fingerprint density at radius 2 is 1.83 bits per heavy atom. The molecule has 1 N–H and O–H groups in total. The second-order valence-corrected chi connectivity index (χ2v) is 9.45. The number of nitriles is 2. The summed E-state index contributed by atoms with van der Waals surface area (Å²) in [6.07, 6.45) is 0.654. The smallest absolute Gasteiger partial charge is 0.224 e. The lowest BCUT2D eigenvalue weighted by atomic mass is 9.70. The maximum atomic E-state index is 12.9. The third-order valence-corrected chi connectivity index (χ3v) is 7.31. The van der Waals surface area contributed by atoms with Gasteiger partial charge in [-0.1, -0.05) is 42.5 Å². The minimum atomic E-state index is -1.51. The normalized spacial score (nSPS) is 26.4. The fourth-order valence-electron chi connectivity index (χ4n) is 6.01. The van der Waals surface area contributed by atoms with Crippen molar-refractivity contribution in [2.24, 2.45) is 5.92 Å². The first-order chi connectivity index (χ1) is 16.9. The molecule has 2 heterocycles. The zero-order valence-corrected chi connectivity index (χ0v) is 19.9. The second kappa shape index (κ2) is 8.39. The van der Waals surface area contributed by atoms with Crippen molar-refractivity contribution in [2.45, 2.75) is 23.5 Å². The van der Waals surface area contributed by atoms with Gasteiger partial charge in [-0.05, 0) is 43.8 Å². The SMILES string of the molecule is COc1nc(C#N)cc2c1C1(O)C(CN(C)C)CC(c3ccccc3)C1(c1ccc(C#N)cc1)O2. The molecular formula is C28H26N4O3. The van der Waals surface area contributed by atoms with Gasteiger partial charge < -0.3 is 19.5 Å². The lowest BCUT2D eigenvalue weighted by molar-refractivity contribution is -0.130. The van der Waals surface area contributed by atoms with Crippen LogP contribution >= 0.6 is 0 Å². The molecule has 35 heavy (non-hydrogen) atoms. The van der Waals surface area contributed by atoms with Crippen molar-refractivity contribution in [1.29, 1.82) is 10.5 Å². The number of rotatable bonds is 5. The Morgan fingerprint density at radius 3 is 2.43 bits per heavy atom. The minimum Gasteiger partial charge on any atom is -0.481 e. The number of ether oxygens (including phenoxy) is 2. The molecular weight excluding hydrogens is 440 g/mol. The highest BCUT2D eigenvalue weighted by molar-refractivity contribution is 5.59. The number of fused-ring (bicyclic) bond motifs is 3. The van der Waals surface area contributed by atoms with Crippen LogP contribution in [0.15, 0.2) is 60.7 Å². The molecule has 0 spiro atoms. The van der Waals surface area contributed by atoms with Crippen molar-refractivity contribution in [3.63, 3.8) is 0 Å². The summed E-state index contributed by atoms with van der Waals surface area (Å²) in [5.41, 5.74) is 0.215. The predicted octanol–water partition coefficient (Wildman–Crippen LogP) is 3.67. The van der Waals surface area contributed by atoms with Gasteiger partial charge in [-0.25, -0.2) is 4.98 Å². The van der Waals surface area contributed by atoms with Gasteiger partial charge in [-0.3, -0.25) is 0 Å². The molecule has 1 aromatic heterocycles. The molecule has 0 bridgehead atoms. The lowest BCUT2D eigenvalue weighted by Crippen LogP contribution is -2.52. The van der Waals surface area contributed by atoms with Gasteiger partial charge in [0.05, 0.1) is 24.3 Å².